The van der Waals surface area contributed by atoms with Crippen LogP contribution in [0.25, 0.3) is 0 Å². The number of nitrogens with one attached hydrogen (secondary N) is 1. The second-order valence-corrected chi connectivity index (χ2v) is 4.69. The average Bonchev–Trinajstić information content (AvgIpc) is 2.16. The van der Waals surface area contributed by atoms with Crippen molar-refractivity contribution < 1.29 is 13.6 Å². The Morgan fingerprint density at radius 3 is 2.56 bits per heavy atom. The van der Waals surface area contributed by atoms with Gasteiger partial charge in [0.25, 0.3) is 0 Å². The van der Waals surface area contributed by atoms with Crippen LogP contribution in [0.1, 0.15) is 39.0 Å². The first kappa shape index (κ1) is 13.4. The van der Waals surface area contributed by atoms with E-state index in [0.29, 0.717) is 13.0 Å². The summed E-state index contributed by atoms with van der Waals surface area (Å²) in [7, 11) is 0. The number of carbonyl (C=O) groups is 1. The van der Waals surface area contributed by atoms with Crippen molar-refractivity contribution in [2.24, 2.45) is 11.7 Å². The summed E-state index contributed by atoms with van der Waals surface area (Å²) in [6, 6.07) is 0.0518. The number of rotatable bonds is 4. The molecule has 0 aromatic heterocycles. The fourth-order valence-electron chi connectivity index (χ4n) is 1.87. The van der Waals surface area contributed by atoms with E-state index in [9.17, 15) is 13.6 Å². The molecule has 16 heavy (non-hydrogen) atoms. The van der Waals surface area contributed by atoms with Gasteiger partial charge in [-0.2, -0.15) is 0 Å². The predicted molar refractivity (Wildman–Crippen MR) is 58.2 cm³/mol. The molecular formula is C11H20F2N2O. The van der Waals surface area contributed by atoms with Crippen LogP contribution in [0.3, 0.4) is 0 Å². The summed E-state index contributed by atoms with van der Waals surface area (Å²) in [5.74, 6) is -2.91. The Bertz CT molecular complexity index is 234. The van der Waals surface area contributed by atoms with Crippen LogP contribution in [0.2, 0.25) is 0 Å². The predicted octanol–water partition coefficient (Wildman–Crippen LogP) is 1.67. The smallest absolute Gasteiger partial charge is 0.248 e. The zero-order chi connectivity index (χ0) is 12.2. The molecule has 0 bridgehead atoms. The largest absolute Gasteiger partial charge is 0.356 e. The summed E-state index contributed by atoms with van der Waals surface area (Å²) in [5.41, 5.74) is 5.54. The van der Waals surface area contributed by atoms with E-state index in [4.69, 9.17) is 5.73 Å². The fraction of sp³-hybridized carbons (Fsp3) is 0.909. The molecule has 1 atom stereocenters. The highest BCUT2D eigenvalue weighted by Crippen LogP contribution is 2.36. The first-order valence-electron chi connectivity index (χ1n) is 5.82. The Kier molecular flexibility index (Phi) is 4.65. The van der Waals surface area contributed by atoms with Gasteiger partial charge in [-0.3, -0.25) is 4.79 Å². The number of nitrogens with two attached hydrogens (primary N) is 1. The van der Waals surface area contributed by atoms with Gasteiger partial charge < -0.3 is 11.1 Å². The molecule has 3 N–H and O–H groups in total. The van der Waals surface area contributed by atoms with Gasteiger partial charge in [-0.05, 0) is 26.2 Å². The maximum Gasteiger partial charge on any atom is 0.248 e. The molecule has 1 rings (SSSR count). The van der Waals surface area contributed by atoms with Crippen molar-refractivity contribution in [2.45, 2.75) is 51.0 Å². The number of alkyl halides is 2. The van der Waals surface area contributed by atoms with Gasteiger partial charge in [0, 0.05) is 31.3 Å². The molecule has 0 spiro atoms. The standard InChI is InChI=1S/C11H20F2N2O/c1-8(14)4-7-15-10(16)9-2-5-11(12,13)6-3-9/h8-9H,2-7,14H2,1H3,(H,15,16). The lowest BCUT2D eigenvalue weighted by Gasteiger charge is -2.27. The first-order valence-corrected chi connectivity index (χ1v) is 5.82. The maximum atomic E-state index is 12.9. The number of carbonyl (C=O) groups excluding carboxylic acids is 1. The van der Waals surface area contributed by atoms with Crippen molar-refractivity contribution in [1.29, 1.82) is 0 Å². The van der Waals surface area contributed by atoms with Crippen LogP contribution in [0.4, 0.5) is 8.78 Å². The van der Waals surface area contributed by atoms with E-state index >= 15 is 0 Å². The van der Waals surface area contributed by atoms with Crippen molar-refractivity contribution >= 4 is 5.91 Å². The zero-order valence-electron chi connectivity index (χ0n) is 9.64. The van der Waals surface area contributed by atoms with Crippen molar-refractivity contribution in [3.05, 3.63) is 0 Å². The summed E-state index contributed by atoms with van der Waals surface area (Å²) in [6.45, 7) is 2.40. The Balaban J connectivity index is 2.23. The van der Waals surface area contributed by atoms with Crippen LogP contribution >= 0.6 is 0 Å². The molecular weight excluding hydrogens is 214 g/mol. The third-order valence-electron chi connectivity index (χ3n) is 2.99. The third-order valence-corrected chi connectivity index (χ3v) is 2.99. The van der Waals surface area contributed by atoms with Crippen molar-refractivity contribution in [1.82, 2.24) is 5.32 Å². The molecule has 1 aliphatic carbocycles. The molecule has 1 saturated carbocycles. The highest BCUT2D eigenvalue weighted by atomic mass is 19.3. The number of amides is 1. The molecule has 94 valence electrons. The SMILES string of the molecule is CC(N)CCNC(=O)C1CCC(F)(F)CC1. The van der Waals surface area contributed by atoms with Gasteiger partial charge in [-0.1, -0.05) is 0 Å². The van der Waals surface area contributed by atoms with Gasteiger partial charge in [-0.15, -0.1) is 0 Å². The van der Waals surface area contributed by atoms with Gasteiger partial charge in [0.1, 0.15) is 0 Å². The van der Waals surface area contributed by atoms with E-state index in [1.54, 1.807) is 0 Å². The maximum absolute atomic E-state index is 12.9. The zero-order valence-corrected chi connectivity index (χ0v) is 9.64. The topological polar surface area (TPSA) is 55.1 Å². The van der Waals surface area contributed by atoms with Crippen molar-refractivity contribution in [2.75, 3.05) is 6.54 Å². The summed E-state index contributed by atoms with van der Waals surface area (Å²) < 4.78 is 25.7. The van der Waals surface area contributed by atoms with Gasteiger partial charge in [0.05, 0.1) is 0 Å². The number of hydrogen-bond donors (Lipinski definition) is 2. The summed E-state index contributed by atoms with van der Waals surface area (Å²) in [6.07, 6.45) is 0.958. The number of halogens is 2. The average molecular weight is 234 g/mol. The molecule has 1 aliphatic rings. The van der Waals surface area contributed by atoms with E-state index < -0.39 is 5.92 Å². The lowest BCUT2D eigenvalue weighted by atomic mass is 9.86. The van der Waals surface area contributed by atoms with Crippen LogP contribution in [0.15, 0.2) is 0 Å². The lowest BCUT2D eigenvalue weighted by Crippen LogP contribution is -2.37. The van der Waals surface area contributed by atoms with Crippen LogP contribution in [-0.2, 0) is 4.79 Å². The minimum Gasteiger partial charge on any atom is -0.356 e. The quantitative estimate of drug-likeness (QED) is 0.777. The van der Waals surface area contributed by atoms with Crippen LogP contribution in [-0.4, -0.2) is 24.4 Å². The van der Waals surface area contributed by atoms with E-state index in [2.05, 4.69) is 5.32 Å². The molecule has 1 amide bonds. The number of hydrogen-bond acceptors (Lipinski definition) is 2. The van der Waals surface area contributed by atoms with Crippen LogP contribution < -0.4 is 11.1 Å². The van der Waals surface area contributed by atoms with Crippen molar-refractivity contribution in [3.8, 4) is 0 Å². The fourth-order valence-corrected chi connectivity index (χ4v) is 1.87. The molecule has 5 heteroatoms. The van der Waals surface area contributed by atoms with Gasteiger partial charge in [0.15, 0.2) is 0 Å². The molecule has 1 unspecified atom stereocenters. The molecule has 1 fully saturated rings. The highest BCUT2D eigenvalue weighted by molar-refractivity contribution is 5.78. The van der Waals surface area contributed by atoms with Gasteiger partial charge in [-0.25, -0.2) is 8.78 Å². The first-order chi connectivity index (χ1) is 7.41. The molecule has 0 heterocycles. The monoisotopic (exact) mass is 234 g/mol. The second kappa shape index (κ2) is 5.57. The van der Waals surface area contributed by atoms with E-state index in [1.807, 2.05) is 6.92 Å². The van der Waals surface area contributed by atoms with E-state index in [1.165, 1.54) is 0 Å². The van der Waals surface area contributed by atoms with E-state index in [0.717, 1.165) is 0 Å². The summed E-state index contributed by atoms with van der Waals surface area (Å²) in [4.78, 5) is 11.6. The molecule has 0 radical (unpaired) electrons. The second-order valence-electron chi connectivity index (χ2n) is 4.69. The van der Waals surface area contributed by atoms with Crippen molar-refractivity contribution in [3.63, 3.8) is 0 Å². The minimum absolute atomic E-state index is 0.0518. The molecule has 0 saturated heterocycles. The molecule has 0 aromatic carbocycles. The van der Waals surface area contributed by atoms with Gasteiger partial charge in [0.2, 0.25) is 11.8 Å². The lowest BCUT2D eigenvalue weighted by molar-refractivity contribution is -0.129. The van der Waals surface area contributed by atoms with E-state index in [-0.39, 0.29) is 43.6 Å². The molecule has 0 aromatic rings. The Morgan fingerprint density at radius 1 is 1.50 bits per heavy atom. The highest BCUT2D eigenvalue weighted by Gasteiger charge is 2.37. The van der Waals surface area contributed by atoms with Gasteiger partial charge >= 0.3 is 0 Å². The normalized spacial score (nSPS) is 22.8. The molecule has 0 aliphatic heterocycles. The Labute approximate surface area is 94.8 Å². The van der Waals surface area contributed by atoms with Crippen LogP contribution in [0, 0.1) is 5.92 Å². The Hall–Kier alpha value is -0.710. The Morgan fingerprint density at radius 2 is 2.06 bits per heavy atom. The third kappa shape index (κ3) is 4.43. The summed E-state index contributed by atoms with van der Waals surface area (Å²) >= 11 is 0. The minimum atomic E-state index is -2.57. The molecule has 3 nitrogen and oxygen atoms in total. The van der Waals surface area contributed by atoms with Crippen LogP contribution in [0.5, 0.6) is 0 Å². The summed E-state index contributed by atoms with van der Waals surface area (Å²) in [5, 5.41) is 2.75.